The number of phenolic OH excluding ortho intramolecular Hbond substituents is 2. The molecule has 0 amide bonds. The third kappa shape index (κ3) is 3.55. The molecule has 7 heteroatoms. The van der Waals surface area contributed by atoms with E-state index in [9.17, 15) is 19.8 Å². The van der Waals surface area contributed by atoms with Crippen LogP contribution in [0.5, 0.6) is 23.0 Å². The van der Waals surface area contributed by atoms with E-state index in [1.807, 2.05) is 0 Å². The van der Waals surface area contributed by atoms with Crippen molar-refractivity contribution >= 4 is 16.9 Å². The van der Waals surface area contributed by atoms with Gasteiger partial charge in [0, 0.05) is 23.9 Å². The van der Waals surface area contributed by atoms with Crippen LogP contribution in [-0.4, -0.2) is 21.3 Å². The average molecular weight is 342 g/mol. The van der Waals surface area contributed by atoms with E-state index in [1.54, 1.807) is 12.1 Å². The number of benzene rings is 2. The monoisotopic (exact) mass is 342 g/mol. The van der Waals surface area contributed by atoms with Gasteiger partial charge in [0.25, 0.3) is 0 Å². The number of hydrogen-bond donors (Lipinski definition) is 3. The molecule has 2 aromatic carbocycles. The lowest BCUT2D eigenvalue weighted by molar-refractivity contribution is -0.136. The number of carboxylic acid groups (broad SMARTS) is 1. The van der Waals surface area contributed by atoms with Gasteiger partial charge in [-0.2, -0.15) is 0 Å². The van der Waals surface area contributed by atoms with Crippen molar-refractivity contribution in [3.8, 4) is 23.0 Å². The van der Waals surface area contributed by atoms with Gasteiger partial charge >= 0.3 is 11.6 Å². The van der Waals surface area contributed by atoms with Gasteiger partial charge in [-0.1, -0.05) is 6.07 Å². The fourth-order valence-corrected chi connectivity index (χ4v) is 2.37. The van der Waals surface area contributed by atoms with E-state index >= 15 is 0 Å². The first-order valence-electron chi connectivity index (χ1n) is 7.41. The maximum atomic E-state index is 11.4. The van der Waals surface area contributed by atoms with Crippen molar-refractivity contribution < 1.29 is 29.3 Å². The minimum Gasteiger partial charge on any atom is -0.508 e. The lowest BCUT2D eigenvalue weighted by Gasteiger charge is -2.11. The predicted molar refractivity (Wildman–Crippen MR) is 88.3 cm³/mol. The van der Waals surface area contributed by atoms with Gasteiger partial charge in [0.05, 0.1) is 0 Å². The molecule has 0 bridgehead atoms. The zero-order chi connectivity index (χ0) is 18.0. The SMILES string of the molecule is O=C(O)CCc1ccc(Oc2c(O)ccc3ccc(=O)oc23)cc1O. The fraction of sp³-hybridized carbons (Fsp3) is 0.111. The Balaban J connectivity index is 1.95. The Morgan fingerprint density at radius 1 is 1.04 bits per heavy atom. The summed E-state index contributed by atoms with van der Waals surface area (Å²) < 4.78 is 10.7. The molecule has 3 N–H and O–H groups in total. The lowest BCUT2D eigenvalue weighted by atomic mass is 10.1. The molecule has 1 heterocycles. The summed E-state index contributed by atoms with van der Waals surface area (Å²) in [5.74, 6) is -1.16. The smallest absolute Gasteiger partial charge is 0.336 e. The first kappa shape index (κ1) is 16.4. The van der Waals surface area contributed by atoms with Crippen LogP contribution in [0.1, 0.15) is 12.0 Å². The van der Waals surface area contributed by atoms with Crippen LogP contribution < -0.4 is 10.4 Å². The van der Waals surface area contributed by atoms with Crippen LogP contribution in [0.2, 0.25) is 0 Å². The van der Waals surface area contributed by atoms with Crippen molar-refractivity contribution in [3.63, 3.8) is 0 Å². The molecule has 0 aliphatic rings. The molecule has 7 nitrogen and oxygen atoms in total. The van der Waals surface area contributed by atoms with Crippen molar-refractivity contribution in [2.75, 3.05) is 0 Å². The number of carboxylic acids is 1. The molecule has 0 saturated heterocycles. The van der Waals surface area contributed by atoms with Crippen molar-refractivity contribution in [1.82, 2.24) is 0 Å². The van der Waals surface area contributed by atoms with Crippen LogP contribution >= 0.6 is 0 Å². The number of rotatable bonds is 5. The molecule has 3 aromatic rings. The number of carbonyl (C=O) groups is 1. The van der Waals surface area contributed by atoms with Crippen LogP contribution in [0.15, 0.2) is 51.7 Å². The minimum atomic E-state index is -0.963. The summed E-state index contributed by atoms with van der Waals surface area (Å²) in [5.41, 5.74) is -0.0415. The van der Waals surface area contributed by atoms with Gasteiger partial charge in [-0.15, -0.1) is 0 Å². The van der Waals surface area contributed by atoms with Gasteiger partial charge < -0.3 is 24.5 Å². The molecule has 3 rings (SSSR count). The molecule has 0 fully saturated rings. The maximum Gasteiger partial charge on any atom is 0.336 e. The summed E-state index contributed by atoms with van der Waals surface area (Å²) in [6.07, 6.45) is 0.0683. The van der Waals surface area contributed by atoms with Gasteiger partial charge in [-0.05, 0) is 36.2 Å². The first-order chi connectivity index (χ1) is 11.9. The summed E-state index contributed by atoms with van der Waals surface area (Å²) in [4.78, 5) is 22.0. The zero-order valence-electron chi connectivity index (χ0n) is 12.9. The van der Waals surface area contributed by atoms with Crippen LogP contribution in [-0.2, 0) is 11.2 Å². The number of hydrogen-bond acceptors (Lipinski definition) is 6. The molecular weight excluding hydrogens is 328 g/mol. The second-order valence-corrected chi connectivity index (χ2v) is 5.37. The number of phenols is 2. The second kappa shape index (κ2) is 6.56. The van der Waals surface area contributed by atoms with E-state index < -0.39 is 11.6 Å². The minimum absolute atomic E-state index is 0.0483. The van der Waals surface area contributed by atoms with Crippen LogP contribution in [0.25, 0.3) is 11.0 Å². The number of fused-ring (bicyclic) bond motifs is 1. The molecule has 25 heavy (non-hydrogen) atoms. The quantitative estimate of drug-likeness (QED) is 0.610. The molecule has 0 radical (unpaired) electrons. The standard InChI is InChI=1S/C18H14O7/c19-13-6-2-11-4-8-16(23)25-17(11)18(13)24-12-5-1-10(14(20)9-12)3-7-15(21)22/h1-2,4-6,8-9,19-20H,3,7H2,(H,21,22). The summed E-state index contributed by atoms with van der Waals surface area (Å²) in [6, 6.07) is 10.1. The normalized spacial score (nSPS) is 10.7. The number of ether oxygens (including phenoxy) is 1. The third-order valence-corrected chi connectivity index (χ3v) is 3.61. The van der Waals surface area contributed by atoms with Gasteiger partial charge in [0.1, 0.15) is 11.5 Å². The summed E-state index contributed by atoms with van der Waals surface area (Å²) in [6.45, 7) is 0. The molecule has 128 valence electrons. The average Bonchev–Trinajstić information content (AvgIpc) is 2.56. The van der Waals surface area contributed by atoms with Gasteiger partial charge in [-0.3, -0.25) is 4.79 Å². The van der Waals surface area contributed by atoms with Crippen molar-refractivity contribution in [2.24, 2.45) is 0 Å². The van der Waals surface area contributed by atoms with Crippen molar-refractivity contribution in [3.05, 3.63) is 58.4 Å². The highest BCUT2D eigenvalue weighted by molar-refractivity contribution is 5.85. The Hall–Kier alpha value is -3.48. The highest BCUT2D eigenvalue weighted by Crippen LogP contribution is 2.38. The topological polar surface area (TPSA) is 117 Å². The fourth-order valence-electron chi connectivity index (χ4n) is 2.37. The highest BCUT2D eigenvalue weighted by Gasteiger charge is 2.14. The predicted octanol–water partition coefficient (Wildman–Crippen LogP) is 3.01. The molecule has 1 aromatic heterocycles. The second-order valence-electron chi connectivity index (χ2n) is 5.37. The third-order valence-electron chi connectivity index (χ3n) is 3.61. The van der Waals surface area contributed by atoms with Crippen LogP contribution in [0.3, 0.4) is 0 Å². The molecule has 0 aliphatic heterocycles. The summed E-state index contributed by atoms with van der Waals surface area (Å²) in [5, 5.41) is 29.3. The Morgan fingerprint density at radius 3 is 2.52 bits per heavy atom. The van der Waals surface area contributed by atoms with Crippen LogP contribution in [0.4, 0.5) is 0 Å². The van der Waals surface area contributed by atoms with E-state index in [2.05, 4.69) is 0 Å². The van der Waals surface area contributed by atoms with E-state index in [0.717, 1.165) is 0 Å². The number of aliphatic carboxylic acids is 1. The Bertz CT molecular complexity index is 1000. The van der Waals surface area contributed by atoms with Gasteiger partial charge in [0.15, 0.2) is 11.3 Å². The van der Waals surface area contributed by atoms with Crippen molar-refractivity contribution in [1.29, 1.82) is 0 Å². The number of aromatic hydroxyl groups is 2. The zero-order valence-corrected chi connectivity index (χ0v) is 12.9. The van der Waals surface area contributed by atoms with E-state index in [-0.39, 0.29) is 41.4 Å². The van der Waals surface area contributed by atoms with E-state index in [0.29, 0.717) is 10.9 Å². The van der Waals surface area contributed by atoms with Gasteiger partial charge in [-0.25, -0.2) is 4.79 Å². The molecule has 0 spiro atoms. The Morgan fingerprint density at radius 2 is 1.80 bits per heavy atom. The molecular formula is C18H14O7. The first-order valence-corrected chi connectivity index (χ1v) is 7.41. The molecule has 0 saturated carbocycles. The van der Waals surface area contributed by atoms with Gasteiger partial charge in [0.2, 0.25) is 5.75 Å². The van der Waals surface area contributed by atoms with Crippen molar-refractivity contribution in [2.45, 2.75) is 12.8 Å². The maximum absolute atomic E-state index is 11.4. The Labute approximate surface area is 141 Å². The summed E-state index contributed by atoms with van der Waals surface area (Å²) >= 11 is 0. The van der Waals surface area contributed by atoms with E-state index in [1.165, 1.54) is 30.3 Å². The van der Waals surface area contributed by atoms with Crippen LogP contribution in [0, 0.1) is 0 Å². The Kier molecular flexibility index (Phi) is 4.30. The molecule has 0 aliphatic carbocycles. The summed E-state index contributed by atoms with van der Waals surface area (Å²) in [7, 11) is 0. The lowest BCUT2D eigenvalue weighted by Crippen LogP contribution is -1.98. The molecule has 0 unspecified atom stereocenters. The highest BCUT2D eigenvalue weighted by atomic mass is 16.5. The number of aryl methyl sites for hydroxylation is 1. The molecule has 0 atom stereocenters. The van der Waals surface area contributed by atoms with E-state index in [4.69, 9.17) is 14.3 Å². The largest absolute Gasteiger partial charge is 0.508 e.